The van der Waals surface area contributed by atoms with Crippen molar-refractivity contribution in [2.24, 2.45) is 0 Å². The van der Waals surface area contributed by atoms with E-state index in [1.807, 2.05) is 24.3 Å². The van der Waals surface area contributed by atoms with Gasteiger partial charge in [-0.25, -0.2) is 9.97 Å². The number of fused-ring (bicyclic) bond motifs is 1. The third kappa shape index (κ3) is 4.04. The highest BCUT2D eigenvalue weighted by Gasteiger charge is 2.28. The number of carbonyl (C=O) groups is 1. The molecule has 28 heavy (non-hydrogen) atoms. The third-order valence-electron chi connectivity index (χ3n) is 4.91. The van der Waals surface area contributed by atoms with Crippen LogP contribution in [0.15, 0.2) is 48.7 Å². The molecule has 0 radical (unpaired) electrons. The first-order valence-corrected chi connectivity index (χ1v) is 9.42. The van der Waals surface area contributed by atoms with Gasteiger partial charge >= 0.3 is 0 Å². The molecule has 1 aromatic carbocycles. The maximum absolute atomic E-state index is 12.3. The topological polar surface area (TPSA) is 106 Å². The zero-order chi connectivity index (χ0) is 19.3. The SMILES string of the molecule is Nc1nccc(-c2cc3c([nH]2)C(CCCOCc2ccccc2)CNC3=O)n1. The molecule has 144 valence electrons. The summed E-state index contributed by atoms with van der Waals surface area (Å²) >= 11 is 0. The Morgan fingerprint density at radius 3 is 2.89 bits per heavy atom. The fraction of sp³-hybridized carbons (Fsp3) is 0.286. The first-order chi connectivity index (χ1) is 13.7. The van der Waals surface area contributed by atoms with Gasteiger partial charge in [0.1, 0.15) is 0 Å². The van der Waals surface area contributed by atoms with Gasteiger partial charge in [0.2, 0.25) is 5.95 Å². The van der Waals surface area contributed by atoms with Crippen LogP contribution in [0.1, 0.15) is 40.4 Å². The summed E-state index contributed by atoms with van der Waals surface area (Å²) in [5.41, 5.74) is 9.95. The number of H-pyrrole nitrogens is 1. The van der Waals surface area contributed by atoms with Gasteiger partial charge in [-0.15, -0.1) is 0 Å². The molecule has 1 atom stereocenters. The molecule has 0 aliphatic carbocycles. The second-order valence-corrected chi connectivity index (χ2v) is 6.90. The number of aromatic nitrogens is 3. The lowest BCUT2D eigenvalue weighted by Gasteiger charge is -2.23. The van der Waals surface area contributed by atoms with Crippen LogP contribution in [0, 0.1) is 0 Å². The monoisotopic (exact) mass is 377 g/mol. The molecule has 2 aromatic heterocycles. The van der Waals surface area contributed by atoms with Crippen LogP contribution in [0.3, 0.4) is 0 Å². The summed E-state index contributed by atoms with van der Waals surface area (Å²) in [4.78, 5) is 23.8. The largest absolute Gasteiger partial charge is 0.377 e. The zero-order valence-corrected chi connectivity index (χ0v) is 15.5. The fourth-order valence-electron chi connectivity index (χ4n) is 3.50. The molecule has 1 aliphatic rings. The molecule has 0 spiro atoms. The molecule has 0 saturated carbocycles. The second kappa shape index (κ2) is 8.22. The van der Waals surface area contributed by atoms with E-state index >= 15 is 0 Å². The minimum Gasteiger partial charge on any atom is -0.377 e. The molecular weight excluding hydrogens is 354 g/mol. The fourth-order valence-corrected chi connectivity index (χ4v) is 3.50. The number of hydrogen-bond donors (Lipinski definition) is 3. The van der Waals surface area contributed by atoms with Gasteiger partial charge in [0.05, 0.1) is 23.6 Å². The molecule has 0 saturated heterocycles. The number of amides is 1. The summed E-state index contributed by atoms with van der Waals surface area (Å²) in [6, 6.07) is 13.8. The first-order valence-electron chi connectivity index (χ1n) is 9.42. The molecule has 1 aliphatic heterocycles. The molecule has 4 N–H and O–H groups in total. The van der Waals surface area contributed by atoms with Crippen molar-refractivity contribution in [1.29, 1.82) is 0 Å². The van der Waals surface area contributed by atoms with Crippen LogP contribution in [0.5, 0.6) is 0 Å². The van der Waals surface area contributed by atoms with Crippen molar-refractivity contribution < 1.29 is 9.53 Å². The predicted molar refractivity (Wildman–Crippen MR) is 107 cm³/mol. The van der Waals surface area contributed by atoms with Crippen LogP contribution < -0.4 is 11.1 Å². The lowest BCUT2D eigenvalue weighted by atomic mass is 9.93. The van der Waals surface area contributed by atoms with Crippen molar-refractivity contribution in [3.8, 4) is 11.4 Å². The molecule has 4 rings (SSSR count). The van der Waals surface area contributed by atoms with E-state index in [1.165, 1.54) is 5.56 Å². The number of ether oxygens (including phenoxy) is 1. The Morgan fingerprint density at radius 1 is 1.21 bits per heavy atom. The number of anilines is 1. The molecule has 1 unspecified atom stereocenters. The van der Waals surface area contributed by atoms with Crippen LogP contribution in [-0.4, -0.2) is 34.0 Å². The second-order valence-electron chi connectivity index (χ2n) is 6.90. The predicted octanol–water partition coefficient (Wildman–Crippen LogP) is 2.88. The van der Waals surface area contributed by atoms with Crippen LogP contribution in [0.2, 0.25) is 0 Å². The van der Waals surface area contributed by atoms with Gasteiger partial charge in [-0.05, 0) is 30.5 Å². The smallest absolute Gasteiger partial charge is 0.253 e. The van der Waals surface area contributed by atoms with Gasteiger partial charge in [-0.2, -0.15) is 0 Å². The first kappa shape index (κ1) is 18.2. The van der Waals surface area contributed by atoms with E-state index in [0.29, 0.717) is 31.0 Å². The number of nitrogen functional groups attached to an aromatic ring is 1. The van der Waals surface area contributed by atoms with Gasteiger partial charge < -0.3 is 20.8 Å². The highest BCUT2D eigenvalue weighted by molar-refractivity contribution is 5.98. The van der Waals surface area contributed by atoms with E-state index in [-0.39, 0.29) is 17.8 Å². The minimum absolute atomic E-state index is 0.0592. The number of carbonyl (C=O) groups excluding carboxylic acids is 1. The Morgan fingerprint density at radius 2 is 2.07 bits per heavy atom. The Kier molecular flexibility index (Phi) is 5.34. The maximum Gasteiger partial charge on any atom is 0.253 e. The highest BCUT2D eigenvalue weighted by atomic mass is 16.5. The van der Waals surface area contributed by atoms with Gasteiger partial charge in [-0.3, -0.25) is 4.79 Å². The molecule has 7 nitrogen and oxygen atoms in total. The van der Waals surface area contributed by atoms with Crippen molar-refractivity contribution in [3.05, 3.63) is 65.5 Å². The average molecular weight is 377 g/mol. The van der Waals surface area contributed by atoms with E-state index in [2.05, 4.69) is 32.4 Å². The van der Waals surface area contributed by atoms with Crippen LogP contribution >= 0.6 is 0 Å². The van der Waals surface area contributed by atoms with E-state index in [1.54, 1.807) is 12.3 Å². The summed E-state index contributed by atoms with van der Waals surface area (Å²) in [6.07, 6.45) is 3.45. The van der Waals surface area contributed by atoms with Crippen molar-refractivity contribution in [3.63, 3.8) is 0 Å². The summed E-state index contributed by atoms with van der Waals surface area (Å²) in [7, 11) is 0. The standard InChI is InChI=1S/C21H23N5O2/c22-21-23-9-8-17(26-21)18-11-16-19(25-18)15(12-24-20(16)27)7-4-10-28-13-14-5-2-1-3-6-14/h1-3,5-6,8-9,11,15,25H,4,7,10,12-13H2,(H,24,27)(H2,22,23,26). The molecule has 7 heteroatoms. The molecular formula is C21H23N5O2. The number of benzene rings is 1. The third-order valence-corrected chi connectivity index (χ3v) is 4.91. The van der Waals surface area contributed by atoms with E-state index in [0.717, 1.165) is 24.2 Å². The van der Waals surface area contributed by atoms with Gasteiger partial charge in [0, 0.05) is 31.0 Å². The quantitative estimate of drug-likeness (QED) is 0.549. The van der Waals surface area contributed by atoms with Gasteiger partial charge in [0.25, 0.3) is 5.91 Å². The minimum atomic E-state index is -0.0592. The number of nitrogens with two attached hydrogens (primary N) is 1. The van der Waals surface area contributed by atoms with Gasteiger partial charge in [-0.1, -0.05) is 30.3 Å². The maximum atomic E-state index is 12.3. The Bertz CT molecular complexity index is 954. The molecule has 0 fully saturated rings. The number of rotatable bonds is 7. The van der Waals surface area contributed by atoms with Crippen molar-refractivity contribution in [1.82, 2.24) is 20.3 Å². The molecule has 3 heterocycles. The zero-order valence-electron chi connectivity index (χ0n) is 15.5. The molecule has 3 aromatic rings. The van der Waals surface area contributed by atoms with Crippen LogP contribution in [-0.2, 0) is 11.3 Å². The molecule has 0 bridgehead atoms. The number of nitrogens with one attached hydrogen (secondary N) is 2. The average Bonchev–Trinajstić information content (AvgIpc) is 3.17. The summed E-state index contributed by atoms with van der Waals surface area (Å²) in [5.74, 6) is 0.374. The lowest BCUT2D eigenvalue weighted by molar-refractivity contribution is 0.0934. The van der Waals surface area contributed by atoms with E-state index in [4.69, 9.17) is 10.5 Å². The highest BCUT2D eigenvalue weighted by Crippen LogP contribution is 2.31. The van der Waals surface area contributed by atoms with Crippen molar-refractivity contribution in [2.75, 3.05) is 18.9 Å². The van der Waals surface area contributed by atoms with Crippen LogP contribution in [0.4, 0.5) is 5.95 Å². The van der Waals surface area contributed by atoms with E-state index in [9.17, 15) is 4.79 Å². The lowest BCUT2D eigenvalue weighted by Crippen LogP contribution is -2.34. The van der Waals surface area contributed by atoms with Crippen LogP contribution in [0.25, 0.3) is 11.4 Å². The Labute approximate surface area is 163 Å². The van der Waals surface area contributed by atoms with E-state index < -0.39 is 0 Å². The number of aromatic amines is 1. The summed E-state index contributed by atoms with van der Waals surface area (Å²) in [5, 5.41) is 2.97. The number of nitrogens with zero attached hydrogens (tertiary/aromatic N) is 2. The summed E-state index contributed by atoms with van der Waals surface area (Å²) in [6.45, 7) is 1.93. The van der Waals surface area contributed by atoms with Crippen molar-refractivity contribution >= 4 is 11.9 Å². The Hall–Kier alpha value is -3.19. The van der Waals surface area contributed by atoms with Gasteiger partial charge in [0.15, 0.2) is 0 Å². The number of hydrogen-bond acceptors (Lipinski definition) is 5. The molecule has 1 amide bonds. The Balaban J connectivity index is 1.38. The summed E-state index contributed by atoms with van der Waals surface area (Å²) < 4.78 is 5.78. The van der Waals surface area contributed by atoms with Crippen molar-refractivity contribution in [2.45, 2.75) is 25.4 Å². The normalized spacial score (nSPS) is 15.9.